The summed E-state index contributed by atoms with van der Waals surface area (Å²) in [5.41, 5.74) is 0.397. The number of hydrogen-bond donors (Lipinski definition) is 1. The second kappa shape index (κ2) is 6.45. The Kier molecular flexibility index (Phi) is 4.65. The highest BCUT2D eigenvalue weighted by Crippen LogP contribution is 2.15. The number of unbranched alkanes of at least 4 members (excludes halogenated alkanes) is 1. The van der Waals surface area contributed by atoms with Crippen LogP contribution in [-0.2, 0) is 13.0 Å². The summed E-state index contributed by atoms with van der Waals surface area (Å²) in [6.45, 7) is 7.21. The number of aryl methyl sites for hydroxylation is 1. The van der Waals surface area contributed by atoms with Crippen LogP contribution in [-0.4, -0.2) is 24.7 Å². The van der Waals surface area contributed by atoms with E-state index in [2.05, 4.69) is 40.8 Å². The molecule has 0 atom stereocenters. The van der Waals surface area contributed by atoms with Gasteiger partial charge in [0.05, 0.1) is 12.4 Å². The minimum absolute atomic E-state index is 0.224. The van der Waals surface area contributed by atoms with Gasteiger partial charge >= 0.3 is 0 Å². The van der Waals surface area contributed by atoms with Crippen molar-refractivity contribution < 1.29 is 0 Å². The molecule has 6 heteroatoms. The Morgan fingerprint density at radius 3 is 2.80 bits per heavy atom. The van der Waals surface area contributed by atoms with Crippen LogP contribution < -0.4 is 5.56 Å². The number of nitrogens with one attached hydrogen (secondary N) is 1. The molecule has 2 aromatic rings. The smallest absolute Gasteiger partial charge is 0.266 e. The van der Waals surface area contributed by atoms with Crippen molar-refractivity contribution in [1.29, 1.82) is 0 Å². The minimum Gasteiger partial charge on any atom is -0.317 e. The third-order valence-corrected chi connectivity index (χ3v) is 2.92. The maximum absolute atomic E-state index is 11.4. The van der Waals surface area contributed by atoms with Gasteiger partial charge in [-0.25, -0.2) is 9.67 Å². The molecule has 0 aliphatic rings. The molecule has 2 aromatic heterocycles. The van der Waals surface area contributed by atoms with Gasteiger partial charge in [0.2, 0.25) is 0 Å². The summed E-state index contributed by atoms with van der Waals surface area (Å²) >= 11 is 0. The molecule has 6 nitrogen and oxygen atoms in total. The zero-order chi connectivity index (χ0) is 14.5. The number of aromatic nitrogens is 5. The van der Waals surface area contributed by atoms with Crippen LogP contribution in [0.4, 0.5) is 0 Å². The zero-order valence-corrected chi connectivity index (χ0v) is 12.3. The van der Waals surface area contributed by atoms with E-state index in [4.69, 9.17) is 0 Å². The molecule has 20 heavy (non-hydrogen) atoms. The highest BCUT2D eigenvalue weighted by molar-refractivity contribution is 5.47. The zero-order valence-electron chi connectivity index (χ0n) is 12.3. The quantitative estimate of drug-likeness (QED) is 0.875. The molecule has 2 rings (SSSR count). The van der Waals surface area contributed by atoms with E-state index in [9.17, 15) is 4.79 Å². The first-order valence-electron chi connectivity index (χ1n) is 7.08. The summed E-state index contributed by atoms with van der Waals surface area (Å²) in [4.78, 5) is 22.6. The molecule has 0 aliphatic carbocycles. The molecule has 0 unspecified atom stereocenters. The van der Waals surface area contributed by atoms with Crippen LogP contribution in [0.2, 0.25) is 0 Å². The maximum Gasteiger partial charge on any atom is 0.266 e. The molecule has 0 bridgehead atoms. The Balaban J connectivity index is 2.38. The number of hydrogen-bond acceptors (Lipinski definition) is 4. The fourth-order valence-electron chi connectivity index (χ4n) is 1.99. The van der Waals surface area contributed by atoms with E-state index in [-0.39, 0.29) is 5.56 Å². The first-order valence-corrected chi connectivity index (χ1v) is 7.08. The Bertz CT molecular complexity index is 614. The van der Waals surface area contributed by atoms with Crippen LogP contribution in [0, 0.1) is 5.92 Å². The van der Waals surface area contributed by atoms with Crippen molar-refractivity contribution in [2.24, 2.45) is 5.92 Å². The molecule has 0 amide bonds. The summed E-state index contributed by atoms with van der Waals surface area (Å²) in [5.74, 6) is 2.01. The standard InChI is InChI=1S/C14H21N5O/c1-4-5-6-19-14(11-8-15-9-13(20)16-11)17-12(18-19)7-10(2)3/h8-10H,4-7H2,1-3H3,(H,16,20). The van der Waals surface area contributed by atoms with Gasteiger partial charge in [-0.2, -0.15) is 5.10 Å². The number of H-pyrrole nitrogens is 1. The van der Waals surface area contributed by atoms with Crippen molar-refractivity contribution in [2.45, 2.75) is 46.6 Å². The van der Waals surface area contributed by atoms with E-state index in [1.54, 1.807) is 6.20 Å². The molecular formula is C14H21N5O. The van der Waals surface area contributed by atoms with Gasteiger partial charge in [-0.05, 0) is 12.3 Å². The van der Waals surface area contributed by atoms with E-state index in [0.29, 0.717) is 17.4 Å². The molecule has 2 heterocycles. The largest absolute Gasteiger partial charge is 0.317 e. The number of nitrogens with zero attached hydrogens (tertiary/aromatic N) is 4. The average molecular weight is 275 g/mol. The lowest BCUT2D eigenvalue weighted by atomic mass is 10.1. The molecule has 0 fully saturated rings. The summed E-state index contributed by atoms with van der Waals surface area (Å²) in [6.07, 6.45) is 5.82. The summed E-state index contributed by atoms with van der Waals surface area (Å²) in [6, 6.07) is 0. The number of rotatable bonds is 6. The summed E-state index contributed by atoms with van der Waals surface area (Å²) < 4.78 is 1.87. The Morgan fingerprint density at radius 2 is 2.15 bits per heavy atom. The summed E-state index contributed by atoms with van der Waals surface area (Å²) in [7, 11) is 0. The van der Waals surface area contributed by atoms with E-state index >= 15 is 0 Å². The fourth-order valence-corrected chi connectivity index (χ4v) is 1.99. The van der Waals surface area contributed by atoms with Crippen LogP contribution in [0.1, 0.15) is 39.4 Å². The van der Waals surface area contributed by atoms with E-state index in [1.165, 1.54) is 6.20 Å². The van der Waals surface area contributed by atoms with Gasteiger partial charge in [0.25, 0.3) is 5.56 Å². The van der Waals surface area contributed by atoms with Crippen LogP contribution in [0.15, 0.2) is 17.2 Å². The highest BCUT2D eigenvalue weighted by Gasteiger charge is 2.13. The highest BCUT2D eigenvalue weighted by atomic mass is 16.1. The molecular weight excluding hydrogens is 254 g/mol. The number of aromatic amines is 1. The lowest BCUT2D eigenvalue weighted by Crippen LogP contribution is -2.09. The van der Waals surface area contributed by atoms with Crippen molar-refractivity contribution in [3.63, 3.8) is 0 Å². The molecule has 0 saturated carbocycles. The molecule has 0 spiro atoms. The first kappa shape index (κ1) is 14.4. The second-order valence-corrected chi connectivity index (χ2v) is 5.34. The van der Waals surface area contributed by atoms with Crippen LogP contribution >= 0.6 is 0 Å². The van der Waals surface area contributed by atoms with Crippen LogP contribution in [0.25, 0.3) is 11.5 Å². The van der Waals surface area contributed by atoms with Gasteiger partial charge in [-0.1, -0.05) is 27.2 Å². The van der Waals surface area contributed by atoms with Crippen molar-refractivity contribution in [1.82, 2.24) is 24.7 Å². The molecule has 0 saturated heterocycles. The van der Waals surface area contributed by atoms with Gasteiger partial charge in [0.1, 0.15) is 5.69 Å². The SMILES string of the molecule is CCCCn1nc(CC(C)C)nc1-c1cncc(=O)[nH]1. The van der Waals surface area contributed by atoms with E-state index in [0.717, 1.165) is 31.6 Å². The fraction of sp³-hybridized carbons (Fsp3) is 0.571. The summed E-state index contributed by atoms with van der Waals surface area (Å²) in [5, 5.41) is 4.55. The molecule has 0 aromatic carbocycles. The Hall–Kier alpha value is -1.98. The van der Waals surface area contributed by atoms with Crippen molar-refractivity contribution in [3.05, 3.63) is 28.6 Å². The predicted octanol–water partition coefficient (Wildman–Crippen LogP) is 2.03. The van der Waals surface area contributed by atoms with Gasteiger partial charge < -0.3 is 4.98 Å². The van der Waals surface area contributed by atoms with Gasteiger partial charge in [-0.15, -0.1) is 0 Å². The average Bonchev–Trinajstić information content (AvgIpc) is 2.78. The van der Waals surface area contributed by atoms with Crippen LogP contribution in [0.3, 0.4) is 0 Å². The van der Waals surface area contributed by atoms with Gasteiger partial charge in [-0.3, -0.25) is 9.78 Å². The van der Waals surface area contributed by atoms with E-state index in [1.807, 2.05) is 4.68 Å². The third-order valence-electron chi connectivity index (χ3n) is 2.92. The Labute approximate surface area is 118 Å². The van der Waals surface area contributed by atoms with E-state index < -0.39 is 0 Å². The van der Waals surface area contributed by atoms with Gasteiger partial charge in [0.15, 0.2) is 11.6 Å². The first-order chi connectivity index (χ1) is 9.60. The molecule has 1 N–H and O–H groups in total. The topological polar surface area (TPSA) is 76.5 Å². The lowest BCUT2D eigenvalue weighted by molar-refractivity contribution is 0.556. The van der Waals surface area contributed by atoms with Crippen molar-refractivity contribution >= 4 is 0 Å². The van der Waals surface area contributed by atoms with Crippen LogP contribution in [0.5, 0.6) is 0 Å². The van der Waals surface area contributed by atoms with Gasteiger partial charge in [0, 0.05) is 13.0 Å². The predicted molar refractivity (Wildman–Crippen MR) is 77.3 cm³/mol. The Morgan fingerprint density at radius 1 is 1.35 bits per heavy atom. The normalized spacial score (nSPS) is 11.2. The molecule has 108 valence electrons. The van der Waals surface area contributed by atoms with Crippen molar-refractivity contribution in [3.8, 4) is 11.5 Å². The maximum atomic E-state index is 11.4. The second-order valence-electron chi connectivity index (χ2n) is 5.34. The van der Waals surface area contributed by atoms with Crippen molar-refractivity contribution in [2.75, 3.05) is 0 Å². The lowest BCUT2D eigenvalue weighted by Gasteiger charge is -2.04. The monoisotopic (exact) mass is 275 g/mol. The molecule has 0 radical (unpaired) electrons. The third kappa shape index (κ3) is 3.53. The minimum atomic E-state index is -0.224. The molecule has 0 aliphatic heterocycles.